The van der Waals surface area contributed by atoms with Crippen molar-refractivity contribution < 1.29 is 13.2 Å². The first kappa shape index (κ1) is 14.9. The van der Waals surface area contributed by atoms with Gasteiger partial charge in [-0.15, -0.1) is 0 Å². The van der Waals surface area contributed by atoms with Crippen molar-refractivity contribution in [3.05, 3.63) is 24.5 Å². The summed E-state index contributed by atoms with van der Waals surface area (Å²) in [6.07, 6.45) is 4.36. The highest BCUT2D eigenvalue weighted by Crippen LogP contribution is 2.21. The van der Waals surface area contributed by atoms with E-state index in [4.69, 9.17) is 0 Å². The summed E-state index contributed by atoms with van der Waals surface area (Å²) in [5, 5.41) is 2.81. The van der Waals surface area contributed by atoms with Crippen molar-refractivity contribution in [2.75, 3.05) is 24.2 Å². The van der Waals surface area contributed by atoms with Crippen molar-refractivity contribution in [2.24, 2.45) is 5.92 Å². The zero-order valence-corrected chi connectivity index (χ0v) is 12.3. The lowest BCUT2D eigenvalue weighted by atomic mass is 9.97. The van der Waals surface area contributed by atoms with Gasteiger partial charge < -0.3 is 5.32 Å². The summed E-state index contributed by atoms with van der Waals surface area (Å²) >= 11 is 0. The monoisotopic (exact) mass is 297 g/mol. The van der Waals surface area contributed by atoms with Gasteiger partial charge in [0.1, 0.15) is 0 Å². The van der Waals surface area contributed by atoms with Gasteiger partial charge in [-0.1, -0.05) is 0 Å². The summed E-state index contributed by atoms with van der Waals surface area (Å²) in [5.41, 5.74) is 0.668. The fourth-order valence-corrected chi connectivity index (χ4v) is 3.39. The molecule has 1 fully saturated rings. The Morgan fingerprint density at radius 2 is 2.15 bits per heavy atom. The predicted molar refractivity (Wildman–Crippen MR) is 76.6 cm³/mol. The van der Waals surface area contributed by atoms with Crippen LogP contribution in [0.15, 0.2) is 24.5 Å². The third-order valence-corrected chi connectivity index (χ3v) is 5.39. The van der Waals surface area contributed by atoms with E-state index in [9.17, 15) is 13.2 Å². The molecular weight excluding hydrogens is 278 g/mol. The van der Waals surface area contributed by atoms with Crippen LogP contribution in [0.2, 0.25) is 0 Å². The van der Waals surface area contributed by atoms with Gasteiger partial charge in [0.25, 0.3) is 0 Å². The van der Waals surface area contributed by atoms with Crippen molar-refractivity contribution in [1.29, 1.82) is 0 Å². The van der Waals surface area contributed by atoms with E-state index in [1.54, 1.807) is 31.5 Å². The predicted octanol–water partition coefficient (Wildman–Crippen LogP) is 1.08. The Morgan fingerprint density at radius 3 is 2.70 bits per heavy atom. The average molecular weight is 297 g/mol. The molecule has 20 heavy (non-hydrogen) atoms. The molecule has 1 aliphatic heterocycles. The number of hydrogen-bond donors (Lipinski definition) is 1. The number of amides is 1. The van der Waals surface area contributed by atoms with E-state index in [0.29, 0.717) is 31.6 Å². The van der Waals surface area contributed by atoms with E-state index in [1.165, 1.54) is 4.31 Å². The maximum atomic E-state index is 12.1. The highest BCUT2D eigenvalue weighted by atomic mass is 32.2. The fraction of sp³-hybridized carbons (Fsp3) is 0.538. The number of hydrogen-bond acceptors (Lipinski definition) is 4. The van der Waals surface area contributed by atoms with Crippen molar-refractivity contribution >= 4 is 21.6 Å². The third kappa shape index (κ3) is 3.55. The lowest BCUT2D eigenvalue weighted by Gasteiger charge is -2.30. The lowest BCUT2D eigenvalue weighted by Crippen LogP contribution is -2.42. The van der Waals surface area contributed by atoms with Gasteiger partial charge in [0.15, 0.2) is 0 Å². The minimum Gasteiger partial charge on any atom is -0.324 e. The van der Waals surface area contributed by atoms with Gasteiger partial charge in [0.2, 0.25) is 15.9 Å². The number of sulfonamides is 1. The second-order valence-corrected chi connectivity index (χ2v) is 7.06. The van der Waals surface area contributed by atoms with Crippen LogP contribution in [0, 0.1) is 5.92 Å². The van der Waals surface area contributed by atoms with Crippen LogP contribution in [-0.2, 0) is 14.8 Å². The summed E-state index contributed by atoms with van der Waals surface area (Å²) in [6.45, 7) is 2.47. The average Bonchev–Trinajstić information content (AvgIpc) is 2.48. The molecule has 0 bridgehead atoms. The molecule has 0 radical (unpaired) electrons. The molecule has 1 aliphatic rings. The standard InChI is InChI=1S/C13H19N3O3S/c1-2-20(18,19)16-8-5-11(6-9-16)13(17)15-12-4-3-7-14-10-12/h3-4,7,10-11H,2,5-6,8-9H2,1H3,(H,15,17). The molecule has 7 heteroatoms. The van der Waals surface area contributed by atoms with Crippen LogP contribution in [0.3, 0.4) is 0 Å². The normalized spacial score (nSPS) is 17.9. The van der Waals surface area contributed by atoms with Crippen LogP contribution >= 0.6 is 0 Å². The number of rotatable bonds is 4. The smallest absolute Gasteiger partial charge is 0.227 e. The van der Waals surface area contributed by atoms with E-state index in [1.807, 2.05) is 0 Å². The van der Waals surface area contributed by atoms with Crippen LogP contribution in [0.25, 0.3) is 0 Å². The number of carbonyl (C=O) groups excluding carboxylic acids is 1. The molecule has 0 unspecified atom stereocenters. The molecule has 0 spiro atoms. The highest BCUT2D eigenvalue weighted by molar-refractivity contribution is 7.89. The van der Waals surface area contributed by atoms with Gasteiger partial charge in [-0.25, -0.2) is 12.7 Å². The third-order valence-electron chi connectivity index (χ3n) is 3.51. The quantitative estimate of drug-likeness (QED) is 0.902. The highest BCUT2D eigenvalue weighted by Gasteiger charge is 2.30. The van der Waals surface area contributed by atoms with Crippen molar-refractivity contribution in [3.8, 4) is 0 Å². The molecule has 0 aromatic carbocycles. The molecular formula is C13H19N3O3S. The second kappa shape index (κ2) is 6.32. The minimum atomic E-state index is -3.14. The van der Waals surface area contributed by atoms with E-state index < -0.39 is 10.0 Å². The van der Waals surface area contributed by atoms with Gasteiger partial charge in [-0.05, 0) is 31.9 Å². The molecule has 1 amide bonds. The molecule has 1 saturated heterocycles. The molecule has 0 atom stereocenters. The minimum absolute atomic E-state index is 0.0634. The van der Waals surface area contributed by atoms with Crippen LogP contribution in [-0.4, -0.2) is 42.5 Å². The van der Waals surface area contributed by atoms with Crippen LogP contribution in [0.4, 0.5) is 5.69 Å². The zero-order valence-electron chi connectivity index (χ0n) is 11.4. The number of piperidine rings is 1. The van der Waals surface area contributed by atoms with E-state index >= 15 is 0 Å². The molecule has 0 saturated carbocycles. The maximum Gasteiger partial charge on any atom is 0.227 e. The Balaban J connectivity index is 1.89. The topological polar surface area (TPSA) is 79.4 Å². The maximum absolute atomic E-state index is 12.1. The fourth-order valence-electron chi connectivity index (χ4n) is 2.26. The molecule has 1 N–H and O–H groups in total. The van der Waals surface area contributed by atoms with Gasteiger partial charge >= 0.3 is 0 Å². The summed E-state index contributed by atoms with van der Waals surface area (Å²) in [6, 6.07) is 3.54. The molecule has 1 aromatic heterocycles. The molecule has 2 heterocycles. The Kier molecular flexibility index (Phi) is 4.72. The van der Waals surface area contributed by atoms with Gasteiger partial charge in [0, 0.05) is 25.2 Å². The lowest BCUT2D eigenvalue weighted by molar-refractivity contribution is -0.120. The largest absolute Gasteiger partial charge is 0.324 e. The molecule has 0 aliphatic carbocycles. The SMILES string of the molecule is CCS(=O)(=O)N1CCC(C(=O)Nc2cccnc2)CC1. The number of nitrogens with one attached hydrogen (secondary N) is 1. The van der Waals surface area contributed by atoms with E-state index in [0.717, 1.165) is 0 Å². The Bertz CT molecular complexity index is 551. The van der Waals surface area contributed by atoms with Crippen molar-refractivity contribution in [3.63, 3.8) is 0 Å². The summed E-state index contributed by atoms with van der Waals surface area (Å²) in [7, 11) is -3.14. The van der Waals surface area contributed by atoms with Gasteiger partial charge in [0.05, 0.1) is 17.6 Å². The van der Waals surface area contributed by atoms with Crippen molar-refractivity contribution in [1.82, 2.24) is 9.29 Å². The number of carbonyl (C=O) groups is 1. The Morgan fingerprint density at radius 1 is 1.45 bits per heavy atom. The van der Waals surface area contributed by atoms with Gasteiger partial charge in [-0.2, -0.15) is 0 Å². The first-order valence-corrected chi connectivity index (χ1v) is 8.32. The first-order chi connectivity index (χ1) is 9.53. The zero-order chi connectivity index (χ0) is 14.6. The van der Waals surface area contributed by atoms with E-state index in [-0.39, 0.29) is 17.6 Å². The summed E-state index contributed by atoms with van der Waals surface area (Å²) in [5.74, 6) is -0.0930. The molecule has 6 nitrogen and oxygen atoms in total. The first-order valence-electron chi connectivity index (χ1n) is 6.71. The number of aromatic nitrogens is 1. The van der Waals surface area contributed by atoms with Crippen LogP contribution < -0.4 is 5.32 Å². The van der Waals surface area contributed by atoms with Gasteiger partial charge in [-0.3, -0.25) is 9.78 Å². The number of pyridine rings is 1. The number of nitrogens with zero attached hydrogens (tertiary/aromatic N) is 2. The molecule has 1 aromatic rings. The van der Waals surface area contributed by atoms with Crippen LogP contribution in [0.1, 0.15) is 19.8 Å². The van der Waals surface area contributed by atoms with E-state index in [2.05, 4.69) is 10.3 Å². The summed E-state index contributed by atoms with van der Waals surface area (Å²) < 4.78 is 25.0. The summed E-state index contributed by atoms with van der Waals surface area (Å²) in [4.78, 5) is 16.0. The Labute approximate surface area is 119 Å². The van der Waals surface area contributed by atoms with Crippen LogP contribution in [0.5, 0.6) is 0 Å². The molecule has 2 rings (SSSR count). The number of anilines is 1. The Hall–Kier alpha value is -1.47. The second-order valence-electron chi connectivity index (χ2n) is 4.80. The molecule has 110 valence electrons. The van der Waals surface area contributed by atoms with Crippen molar-refractivity contribution in [2.45, 2.75) is 19.8 Å².